The van der Waals surface area contributed by atoms with Crippen LogP contribution in [-0.4, -0.2) is 22.1 Å². The molecular weight excluding hydrogens is 432 g/mol. The van der Waals surface area contributed by atoms with Crippen LogP contribution in [-0.2, 0) is 17.6 Å². The number of ether oxygens (including phenoxy) is 1. The highest BCUT2D eigenvalue weighted by Gasteiger charge is 2.28. The van der Waals surface area contributed by atoms with Gasteiger partial charge in [0.25, 0.3) is 0 Å². The molecule has 1 saturated carbocycles. The summed E-state index contributed by atoms with van der Waals surface area (Å²) in [5, 5.41) is 4.65. The summed E-state index contributed by atoms with van der Waals surface area (Å²) in [6.45, 7) is 12.6. The monoisotopic (exact) mass is 476 g/mol. The van der Waals surface area contributed by atoms with Crippen LogP contribution in [0.1, 0.15) is 114 Å². The number of nitrogens with zero attached hydrogens (tertiary/aromatic N) is 2. The van der Waals surface area contributed by atoms with Crippen molar-refractivity contribution >= 4 is 16.8 Å². The first-order chi connectivity index (χ1) is 16.0. The lowest BCUT2D eigenvalue weighted by molar-refractivity contribution is -0.113. The molecule has 5 heteroatoms. The zero-order valence-corrected chi connectivity index (χ0v) is 22.7. The van der Waals surface area contributed by atoms with Crippen molar-refractivity contribution in [1.29, 1.82) is 0 Å². The van der Waals surface area contributed by atoms with Crippen molar-refractivity contribution < 1.29 is 9.53 Å². The van der Waals surface area contributed by atoms with Crippen LogP contribution in [0.15, 0.2) is 24.3 Å². The van der Waals surface area contributed by atoms with Crippen LogP contribution in [0.3, 0.4) is 0 Å². The van der Waals surface area contributed by atoms with Gasteiger partial charge in [0.15, 0.2) is 0 Å². The van der Waals surface area contributed by atoms with Crippen molar-refractivity contribution in [3.05, 3.63) is 46.8 Å². The lowest BCUT2D eigenvalue weighted by Crippen LogP contribution is -2.17. The normalized spacial score (nSPS) is 14.4. The molecule has 1 aliphatic rings. The van der Waals surface area contributed by atoms with Crippen LogP contribution < -0.4 is 4.74 Å². The van der Waals surface area contributed by atoms with Crippen molar-refractivity contribution in [1.82, 2.24) is 9.78 Å². The molecule has 1 heterocycles. The average molecular weight is 477 g/mol. The van der Waals surface area contributed by atoms with Crippen molar-refractivity contribution in [2.24, 2.45) is 0 Å². The number of para-hydroxylation sites is 1. The summed E-state index contributed by atoms with van der Waals surface area (Å²) in [5.74, 6) is 0.236. The van der Waals surface area contributed by atoms with Crippen LogP contribution in [0.5, 0.6) is 5.75 Å². The predicted molar refractivity (Wildman–Crippen MR) is 141 cm³/mol. The molecule has 186 valence electrons. The highest BCUT2D eigenvalue weighted by atomic mass is 35.5. The van der Waals surface area contributed by atoms with E-state index in [4.69, 9.17) is 21.4 Å². The molecule has 2 aromatic rings. The van der Waals surface area contributed by atoms with E-state index in [1.807, 2.05) is 38.1 Å². The second kappa shape index (κ2) is 15.9. The molecule has 1 aromatic carbocycles. The lowest BCUT2D eigenvalue weighted by Gasteiger charge is -2.24. The average Bonchev–Trinajstić information content (AvgIpc) is 3.15. The van der Waals surface area contributed by atoms with Crippen molar-refractivity contribution in [3.8, 4) is 5.75 Å². The number of benzene rings is 1. The van der Waals surface area contributed by atoms with Crippen LogP contribution >= 0.6 is 11.6 Å². The number of carbonyl (C=O) groups is 1. The minimum atomic E-state index is -0.458. The molecule has 0 bridgehead atoms. The van der Waals surface area contributed by atoms with E-state index in [1.165, 1.54) is 49.8 Å². The van der Waals surface area contributed by atoms with Gasteiger partial charge in [0.1, 0.15) is 5.75 Å². The largest absolute Gasteiger partial charge is 0.496 e. The Hall–Kier alpha value is -1.81. The molecule has 4 nitrogen and oxygen atoms in total. The van der Waals surface area contributed by atoms with E-state index in [0.717, 1.165) is 24.1 Å². The smallest absolute Gasteiger partial charge is 0.229 e. The van der Waals surface area contributed by atoms with Crippen molar-refractivity contribution in [3.63, 3.8) is 0 Å². The Labute approximate surface area is 207 Å². The number of aromatic nitrogens is 2. The van der Waals surface area contributed by atoms with Gasteiger partial charge < -0.3 is 4.74 Å². The number of hydrogen-bond donors (Lipinski definition) is 0. The summed E-state index contributed by atoms with van der Waals surface area (Å²) >= 11 is 6.04. The fraction of sp³-hybridized carbons (Fsp3) is 0.643. The van der Waals surface area contributed by atoms with Crippen LogP contribution in [0.4, 0.5) is 0 Å². The molecule has 0 radical (unpaired) electrons. The van der Waals surface area contributed by atoms with E-state index in [-0.39, 0.29) is 5.24 Å². The van der Waals surface area contributed by atoms with Crippen LogP contribution in [0, 0.1) is 6.92 Å². The van der Waals surface area contributed by atoms with Gasteiger partial charge in [-0.05, 0) is 49.4 Å². The molecule has 1 aliphatic carbocycles. The van der Waals surface area contributed by atoms with E-state index < -0.39 is 5.92 Å². The molecule has 1 atom stereocenters. The maximum absolute atomic E-state index is 12.3. The Morgan fingerprint density at radius 3 is 2.30 bits per heavy atom. The van der Waals surface area contributed by atoms with Gasteiger partial charge in [-0.3, -0.25) is 9.48 Å². The molecule has 0 spiro atoms. The molecule has 0 N–H and O–H groups in total. The van der Waals surface area contributed by atoms with E-state index in [2.05, 4.69) is 32.4 Å². The first kappa shape index (κ1) is 29.2. The molecular formula is C28H45ClN2O2. The third-order valence-corrected chi connectivity index (χ3v) is 6.23. The van der Waals surface area contributed by atoms with Gasteiger partial charge in [0.05, 0.1) is 24.8 Å². The van der Waals surface area contributed by atoms with Gasteiger partial charge in [-0.2, -0.15) is 5.10 Å². The van der Waals surface area contributed by atoms with Crippen LogP contribution in [0.25, 0.3) is 0 Å². The number of carbonyl (C=O) groups excluding carboxylic acids is 1. The summed E-state index contributed by atoms with van der Waals surface area (Å²) in [5.41, 5.74) is 4.35. The van der Waals surface area contributed by atoms with E-state index in [9.17, 15) is 4.79 Å². The van der Waals surface area contributed by atoms with E-state index >= 15 is 0 Å². The summed E-state index contributed by atoms with van der Waals surface area (Å²) in [6, 6.07) is 8.10. The molecule has 1 unspecified atom stereocenters. The van der Waals surface area contributed by atoms with E-state index in [0.29, 0.717) is 18.2 Å². The summed E-state index contributed by atoms with van der Waals surface area (Å²) in [6.07, 6.45) is 10.1. The van der Waals surface area contributed by atoms with Gasteiger partial charge in [-0.1, -0.05) is 84.9 Å². The lowest BCUT2D eigenvalue weighted by atomic mass is 9.92. The Kier molecular flexibility index (Phi) is 14.1. The standard InChI is InChI=1S/C23H31ClN2O2.C3H8.C2H6/c1-4-10-21-16(2)20(25-26(21)17-11-6-5-7-12-17)15-19(23(24)27)18-13-8-9-14-22(18)28-3;1-3-2;1-2/h8-9,13-14,17,19H,4-7,10-12,15H2,1-3H3;3H2,1-2H3;1-2H3. The number of rotatable bonds is 8. The molecule has 0 amide bonds. The minimum Gasteiger partial charge on any atom is -0.496 e. The zero-order chi connectivity index (χ0) is 24.8. The number of hydrogen-bond acceptors (Lipinski definition) is 3. The first-order valence-electron chi connectivity index (χ1n) is 12.9. The maximum Gasteiger partial charge on any atom is 0.229 e. The van der Waals surface area contributed by atoms with Crippen LogP contribution in [0.2, 0.25) is 0 Å². The van der Waals surface area contributed by atoms with Gasteiger partial charge in [-0.25, -0.2) is 0 Å². The SMILES string of the molecule is CC.CCC.CCCc1c(C)c(CC(C(=O)Cl)c2ccccc2OC)nn1C1CCCCC1. The number of methoxy groups -OCH3 is 1. The predicted octanol–water partition coefficient (Wildman–Crippen LogP) is 8.19. The third-order valence-electron chi connectivity index (χ3n) is 5.96. The van der Waals surface area contributed by atoms with Gasteiger partial charge in [-0.15, -0.1) is 0 Å². The molecule has 0 aliphatic heterocycles. The summed E-state index contributed by atoms with van der Waals surface area (Å²) in [7, 11) is 1.62. The Morgan fingerprint density at radius 2 is 1.76 bits per heavy atom. The molecule has 1 aromatic heterocycles. The molecule has 3 rings (SSSR count). The fourth-order valence-electron chi connectivity index (χ4n) is 4.42. The number of halogens is 1. The Bertz CT molecular complexity index is 825. The molecule has 0 saturated heterocycles. The second-order valence-electron chi connectivity index (χ2n) is 8.51. The molecule has 33 heavy (non-hydrogen) atoms. The van der Waals surface area contributed by atoms with Crippen molar-refractivity contribution in [2.75, 3.05) is 7.11 Å². The molecule has 1 fully saturated rings. The third kappa shape index (κ3) is 8.17. The van der Waals surface area contributed by atoms with Gasteiger partial charge in [0, 0.05) is 17.7 Å². The highest BCUT2D eigenvalue weighted by Crippen LogP contribution is 2.34. The second-order valence-corrected chi connectivity index (χ2v) is 8.89. The maximum atomic E-state index is 12.3. The van der Waals surface area contributed by atoms with Gasteiger partial charge in [0.2, 0.25) is 5.24 Å². The first-order valence-corrected chi connectivity index (χ1v) is 13.2. The summed E-state index contributed by atoms with van der Waals surface area (Å²) < 4.78 is 7.74. The summed E-state index contributed by atoms with van der Waals surface area (Å²) in [4.78, 5) is 12.3. The fourth-order valence-corrected chi connectivity index (χ4v) is 4.62. The minimum absolute atomic E-state index is 0.367. The topological polar surface area (TPSA) is 44.1 Å². The Balaban J connectivity index is 0.00000101. The van der Waals surface area contributed by atoms with Crippen molar-refractivity contribution in [2.45, 2.75) is 111 Å². The highest BCUT2D eigenvalue weighted by molar-refractivity contribution is 6.64. The quantitative estimate of drug-likeness (QED) is 0.360. The zero-order valence-electron chi connectivity index (χ0n) is 21.9. The van der Waals surface area contributed by atoms with E-state index in [1.54, 1.807) is 7.11 Å². The Morgan fingerprint density at radius 1 is 1.15 bits per heavy atom. The van der Waals surface area contributed by atoms with Gasteiger partial charge >= 0.3 is 0 Å².